The van der Waals surface area contributed by atoms with Crippen LogP contribution in [0.5, 0.6) is 0 Å². The summed E-state index contributed by atoms with van der Waals surface area (Å²) in [6, 6.07) is 64.5. The molecule has 4 aliphatic rings. The summed E-state index contributed by atoms with van der Waals surface area (Å²) < 4.78 is 2.62. The minimum Gasteiger partial charge on any atom is -0.135 e. The van der Waals surface area contributed by atoms with Gasteiger partial charge in [-0.05, 0) is 162 Å². The van der Waals surface area contributed by atoms with Crippen molar-refractivity contribution in [2.75, 3.05) is 0 Å². The van der Waals surface area contributed by atoms with E-state index >= 15 is 0 Å². The molecule has 9 aromatic rings. The number of hydrogen-bond donors (Lipinski definition) is 0. The van der Waals surface area contributed by atoms with Gasteiger partial charge in [-0.1, -0.05) is 159 Å². The monoisotopic (exact) mass is 792 g/mol. The Balaban J connectivity index is 0.935. The van der Waals surface area contributed by atoms with Crippen LogP contribution in [0.1, 0.15) is 58.4 Å². The second kappa shape index (κ2) is 12.3. The molecule has 1 heteroatoms. The molecule has 1 heterocycles. The van der Waals surface area contributed by atoms with Crippen LogP contribution in [0.4, 0.5) is 0 Å². The van der Waals surface area contributed by atoms with Gasteiger partial charge in [0.2, 0.25) is 0 Å². The number of rotatable bonds is 4. The Morgan fingerprint density at radius 1 is 0.361 bits per heavy atom. The molecule has 1 atom stereocenters. The van der Waals surface area contributed by atoms with Crippen molar-refractivity contribution in [2.45, 2.75) is 24.7 Å². The van der Waals surface area contributed by atoms with Crippen LogP contribution in [0.2, 0.25) is 0 Å². The smallest absolute Gasteiger partial charge is 0.0725 e. The zero-order valence-corrected chi connectivity index (χ0v) is 35.0. The highest BCUT2D eigenvalue weighted by atomic mass is 32.1. The van der Waals surface area contributed by atoms with E-state index in [1.54, 1.807) is 0 Å². The van der Waals surface area contributed by atoms with E-state index in [1.165, 1.54) is 131 Å². The Bertz CT molecular complexity index is 3500. The molecule has 13 rings (SSSR count). The lowest BCUT2D eigenvalue weighted by molar-refractivity contribution is 0.741. The van der Waals surface area contributed by atoms with Crippen LogP contribution >= 0.6 is 11.3 Å². The summed E-state index contributed by atoms with van der Waals surface area (Å²) in [6.45, 7) is 13.2. The lowest BCUT2D eigenvalue weighted by atomic mass is 9.69. The van der Waals surface area contributed by atoms with Gasteiger partial charge >= 0.3 is 0 Å². The van der Waals surface area contributed by atoms with Crippen LogP contribution < -0.4 is 0 Å². The lowest BCUT2D eigenvalue weighted by Gasteiger charge is -2.32. The average Bonchev–Trinajstić information content (AvgIpc) is 4.05. The Morgan fingerprint density at radius 2 is 0.721 bits per heavy atom. The molecule has 0 fully saturated rings. The van der Waals surface area contributed by atoms with Crippen molar-refractivity contribution in [3.8, 4) is 44.5 Å². The SMILES string of the molecule is C=CC1=C(C)C2(C(C)=C(C=C)c3cc(-c4ccc5sc6ccc(-c7ccc8c(c7)-c7ccccc7C87c8ccccc8-c8ccccc87)cc6c5c4)ccc32)c2ccccc21. The molecule has 0 radical (unpaired) electrons. The van der Waals surface area contributed by atoms with E-state index in [9.17, 15) is 0 Å². The van der Waals surface area contributed by atoms with E-state index in [-0.39, 0.29) is 10.8 Å². The first-order chi connectivity index (χ1) is 30.0. The van der Waals surface area contributed by atoms with E-state index in [0.29, 0.717) is 0 Å². The minimum absolute atomic E-state index is 0.312. The normalized spacial score (nSPS) is 17.2. The van der Waals surface area contributed by atoms with Gasteiger partial charge in [-0.3, -0.25) is 0 Å². The summed E-state index contributed by atoms with van der Waals surface area (Å²) >= 11 is 1.88. The van der Waals surface area contributed by atoms with Gasteiger partial charge in [-0.2, -0.15) is 0 Å². The van der Waals surface area contributed by atoms with Crippen molar-refractivity contribution >= 4 is 42.7 Å². The number of hydrogen-bond acceptors (Lipinski definition) is 1. The highest BCUT2D eigenvalue weighted by molar-refractivity contribution is 7.25. The number of fused-ring (bicyclic) bond motifs is 17. The van der Waals surface area contributed by atoms with Gasteiger partial charge in [0.25, 0.3) is 0 Å². The first-order valence-corrected chi connectivity index (χ1v) is 22.1. The summed E-state index contributed by atoms with van der Waals surface area (Å²) in [5.74, 6) is 0. The van der Waals surface area contributed by atoms with Crippen LogP contribution in [0, 0.1) is 0 Å². The van der Waals surface area contributed by atoms with Crippen molar-refractivity contribution in [2.24, 2.45) is 0 Å². The molecule has 0 aliphatic heterocycles. The number of allylic oxidation sites excluding steroid dienone is 6. The average molecular weight is 793 g/mol. The summed E-state index contributed by atoms with van der Waals surface area (Å²) in [5, 5.41) is 2.61. The molecular formula is C60H40S. The highest BCUT2D eigenvalue weighted by Crippen LogP contribution is 2.64. The molecule has 0 nitrogen and oxygen atoms in total. The van der Waals surface area contributed by atoms with Gasteiger partial charge in [-0.15, -0.1) is 11.3 Å². The molecule has 0 saturated heterocycles. The zero-order valence-electron chi connectivity index (χ0n) is 34.1. The maximum absolute atomic E-state index is 4.34. The van der Waals surface area contributed by atoms with Crippen LogP contribution in [-0.2, 0) is 10.8 Å². The van der Waals surface area contributed by atoms with E-state index < -0.39 is 0 Å². The molecule has 61 heavy (non-hydrogen) atoms. The van der Waals surface area contributed by atoms with E-state index in [4.69, 9.17) is 0 Å². The molecule has 4 aliphatic carbocycles. The Morgan fingerprint density at radius 3 is 1.23 bits per heavy atom. The Kier molecular flexibility index (Phi) is 6.99. The molecule has 0 N–H and O–H groups in total. The second-order valence-corrected chi connectivity index (χ2v) is 18.3. The third kappa shape index (κ3) is 4.20. The lowest BCUT2D eigenvalue weighted by Crippen LogP contribution is -2.26. The van der Waals surface area contributed by atoms with Gasteiger partial charge in [0.1, 0.15) is 0 Å². The molecule has 1 unspecified atom stereocenters. The fraction of sp³-hybridized carbons (Fsp3) is 0.0667. The standard InChI is InChI=1S/C60H40S/c1-5-41-35(3)59(51-19-11-7-15-43(41)51)36(4)42(6-2)47-31-37(23-27-55(47)59)39-25-29-57-49(33-39)50-34-40(26-30-58(50)61-57)38-24-28-56-48(32-38)46-18-10-14-22-54(46)60(56)52-20-12-8-16-44(52)45-17-9-13-21-53(45)60/h5-34H,1-2H2,3-4H3. The molecule has 0 amide bonds. The first-order valence-electron chi connectivity index (χ1n) is 21.3. The quantitative estimate of drug-likeness (QED) is 0.167. The highest BCUT2D eigenvalue weighted by Gasteiger charge is 2.52. The van der Waals surface area contributed by atoms with Crippen molar-refractivity contribution < 1.29 is 0 Å². The summed E-state index contributed by atoms with van der Waals surface area (Å²) in [6.07, 6.45) is 4.10. The van der Waals surface area contributed by atoms with Crippen LogP contribution in [0.25, 0.3) is 75.8 Å². The predicted octanol–water partition coefficient (Wildman–Crippen LogP) is 16.0. The van der Waals surface area contributed by atoms with Crippen molar-refractivity contribution in [1.82, 2.24) is 0 Å². The summed E-state index contributed by atoms with van der Waals surface area (Å²) in [5.41, 5.74) is 25.5. The third-order valence-electron chi connectivity index (χ3n) is 14.8. The minimum atomic E-state index is -0.327. The van der Waals surface area contributed by atoms with Crippen LogP contribution in [-0.4, -0.2) is 0 Å². The topological polar surface area (TPSA) is 0 Å². The second-order valence-electron chi connectivity index (χ2n) is 17.2. The molecule has 286 valence electrons. The zero-order chi connectivity index (χ0) is 40.8. The van der Waals surface area contributed by atoms with Gasteiger partial charge in [0, 0.05) is 20.2 Å². The Hall–Kier alpha value is -7.06. The van der Waals surface area contributed by atoms with Crippen molar-refractivity contribution in [3.63, 3.8) is 0 Å². The molecule has 8 aromatic carbocycles. The van der Waals surface area contributed by atoms with Crippen molar-refractivity contribution in [3.05, 3.63) is 251 Å². The van der Waals surface area contributed by atoms with Crippen LogP contribution in [0.3, 0.4) is 0 Å². The van der Waals surface area contributed by atoms with Gasteiger partial charge in [0.15, 0.2) is 0 Å². The predicted molar refractivity (Wildman–Crippen MR) is 259 cm³/mol. The van der Waals surface area contributed by atoms with Crippen molar-refractivity contribution in [1.29, 1.82) is 0 Å². The van der Waals surface area contributed by atoms with E-state index in [1.807, 2.05) is 17.4 Å². The fourth-order valence-corrected chi connectivity index (χ4v) is 13.4. The summed E-state index contributed by atoms with van der Waals surface area (Å²) in [7, 11) is 0. The van der Waals surface area contributed by atoms with E-state index in [0.717, 1.165) is 0 Å². The van der Waals surface area contributed by atoms with E-state index in [2.05, 4.69) is 203 Å². The van der Waals surface area contributed by atoms with Gasteiger partial charge in [-0.25, -0.2) is 0 Å². The number of thiophene rings is 1. The van der Waals surface area contributed by atoms with Crippen LogP contribution in [0.15, 0.2) is 206 Å². The van der Waals surface area contributed by atoms with Gasteiger partial charge in [0.05, 0.1) is 10.8 Å². The summed E-state index contributed by atoms with van der Waals surface area (Å²) in [4.78, 5) is 0. The number of benzene rings is 8. The molecule has 2 spiro atoms. The van der Waals surface area contributed by atoms with Gasteiger partial charge < -0.3 is 0 Å². The fourth-order valence-electron chi connectivity index (χ4n) is 12.3. The largest absolute Gasteiger partial charge is 0.135 e. The maximum Gasteiger partial charge on any atom is 0.0725 e. The molecule has 0 saturated carbocycles. The maximum atomic E-state index is 4.34. The molecule has 1 aromatic heterocycles. The molecule has 0 bridgehead atoms. The first kappa shape index (κ1) is 34.8. The molecular weight excluding hydrogens is 753 g/mol. The Labute approximate surface area is 360 Å². The third-order valence-corrected chi connectivity index (χ3v) is 16.0.